The third-order valence-electron chi connectivity index (χ3n) is 6.98. The molecule has 0 saturated carbocycles. The Morgan fingerprint density at radius 2 is 1.43 bits per heavy atom. The zero-order chi connectivity index (χ0) is 33.5. The Bertz CT molecular complexity index is 1680. The Labute approximate surface area is 253 Å². The molecule has 1 aromatic heterocycles. The van der Waals surface area contributed by atoms with Gasteiger partial charge in [0.05, 0.1) is 27.9 Å². The predicted molar refractivity (Wildman–Crippen MR) is 141 cm³/mol. The smallest absolute Gasteiger partial charge is 0.409 e. The molecular formula is C30H21F10N3O3. The van der Waals surface area contributed by atoms with Crippen LogP contribution in [0.25, 0.3) is 0 Å². The Morgan fingerprint density at radius 1 is 0.761 bits per heavy atom. The highest BCUT2D eigenvalue weighted by Gasteiger charge is 2.54. The number of nitrogens with zero attached hydrogens (tertiary/aromatic N) is 1. The van der Waals surface area contributed by atoms with Crippen LogP contribution in [0.3, 0.4) is 0 Å². The van der Waals surface area contributed by atoms with Crippen LogP contribution in [0.15, 0.2) is 91.1 Å². The molecule has 1 aliphatic rings. The monoisotopic (exact) mass is 661 g/mol. The molecule has 0 radical (unpaired) electrons. The van der Waals surface area contributed by atoms with E-state index >= 15 is 0 Å². The second-order valence-electron chi connectivity index (χ2n) is 10.2. The van der Waals surface area contributed by atoms with Gasteiger partial charge in [-0.3, -0.25) is 10.3 Å². The quantitative estimate of drug-likeness (QED) is 0.134. The van der Waals surface area contributed by atoms with Crippen molar-refractivity contribution in [2.24, 2.45) is 0 Å². The maximum Gasteiger partial charge on any atom is 0.540 e. The minimum Gasteiger partial charge on any atom is -0.409 e. The fourth-order valence-corrected chi connectivity index (χ4v) is 4.94. The van der Waals surface area contributed by atoms with Gasteiger partial charge >= 0.3 is 24.8 Å². The van der Waals surface area contributed by atoms with Gasteiger partial charge in [0.25, 0.3) is 0 Å². The van der Waals surface area contributed by atoms with Gasteiger partial charge in [-0.1, -0.05) is 42.5 Å². The molecule has 0 aliphatic carbocycles. The van der Waals surface area contributed by atoms with Crippen molar-refractivity contribution in [1.29, 1.82) is 0 Å². The van der Waals surface area contributed by atoms with Crippen molar-refractivity contribution < 1.29 is 58.5 Å². The first kappa shape index (κ1) is 33.0. The summed E-state index contributed by atoms with van der Waals surface area (Å²) in [7, 11) is 0. The average molecular weight is 661 g/mol. The van der Waals surface area contributed by atoms with E-state index in [1.807, 2.05) is 0 Å². The number of pyridine rings is 1. The molecule has 2 atom stereocenters. The highest BCUT2D eigenvalue weighted by molar-refractivity contribution is 5.53. The van der Waals surface area contributed by atoms with Crippen molar-refractivity contribution in [3.63, 3.8) is 0 Å². The lowest BCUT2D eigenvalue weighted by Gasteiger charge is -2.38. The van der Waals surface area contributed by atoms with Gasteiger partial charge in [0.1, 0.15) is 5.75 Å². The summed E-state index contributed by atoms with van der Waals surface area (Å²) < 4.78 is 145. The third kappa shape index (κ3) is 7.03. The molecule has 3 N–H and O–H groups in total. The van der Waals surface area contributed by atoms with E-state index in [1.54, 1.807) is 30.3 Å². The number of hydrogen-bond donors (Lipinski definition) is 3. The van der Waals surface area contributed by atoms with Crippen LogP contribution in [0.5, 0.6) is 5.75 Å². The lowest BCUT2D eigenvalue weighted by atomic mass is 9.79. The molecule has 4 aromatic rings. The van der Waals surface area contributed by atoms with Gasteiger partial charge in [0.2, 0.25) is 0 Å². The molecule has 46 heavy (non-hydrogen) atoms. The lowest BCUT2D eigenvalue weighted by molar-refractivity contribution is -0.461. The standard InChI is InChI=1S/C30H21F10N3O3/c31-27(32,33)19-8-4-7-18(13-19)26(15-17-5-2-1-3-6-17,24-12-9-20(16-41-24)28(34,35)36)43-25(44)42-21-10-11-23-22(14-21)29(37,38)46-30(39,40)45-23/h1-14,16,25,42-44H,15H2/t25-,26?/m0/s1. The van der Waals surface area contributed by atoms with Crippen LogP contribution in [0.1, 0.15) is 33.5 Å². The molecule has 16 heteroatoms. The first-order chi connectivity index (χ1) is 21.4. The van der Waals surface area contributed by atoms with Crippen molar-refractivity contribution >= 4 is 5.69 Å². The zero-order valence-corrected chi connectivity index (χ0v) is 22.9. The molecule has 1 unspecified atom stereocenters. The van der Waals surface area contributed by atoms with E-state index in [4.69, 9.17) is 0 Å². The minimum absolute atomic E-state index is 0.180. The van der Waals surface area contributed by atoms with Crippen molar-refractivity contribution in [3.05, 3.63) is 125 Å². The molecular weight excluding hydrogens is 640 g/mol. The summed E-state index contributed by atoms with van der Waals surface area (Å²) >= 11 is 0. The fraction of sp³-hybridized carbons (Fsp3) is 0.233. The number of alkyl halides is 10. The van der Waals surface area contributed by atoms with E-state index in [0.29, 0.717) is 23.9 Å². The Balaban J connectivity index is 1.61. The molecule has 1 aliphatic heterocycles. The van der Waals surface area contributed by atoms with Crippen LogP contribution in [0.2, 0.25) is 0 Å². The summed E-state index contributed by atoms with van der Waals surface area (Å²) in [6, 6.07) is 15.8. The van der Waals surface area contributed by atoms with Gasteiger partial charge in [-0.2, -0.15) is 35.1 Å². The van der Waals surface area contributed by atoms with Crippen LogP contribution in [-0.4, -0.2) is 22.7 Å². The number of fused-ring (bicyclic) bond motifs is 1. The topological polar surface area (TPSA) is 75.6 Å². The van der Waals surface area contributed by atoms with Crippen molar-refractivity contribution in [3.8, 4) is 5.75 Å². The van der Waals surface area contributed by atoms with E-state index in [0.717, 1.165) is 36.4 Å². The zero-order valence-electron chi connectivity index (χ0n) is 22.9. The van der Waals surface area contributed by atoms with Gasteiger partial charge in [0.15, 0.2) is 6.35 Å². The Morgan fingerprint density at radius 3 is 2.07 bits per heavy atom. The molecule has 0 bridgehead atoms. The predicted octanol–water partition coefficient (Wildman–Crippen LogP) is 7.59. The normalized spacial score (nSPS) is 17.7. The molecule has 0 saturated heterocycles. The first-order valence-corrected chi connectivity index (χ1v) is 13.2. The van der Waals surface area contributed by atoms with Crippen LogP contribution in [0.4, 0.5) is 49.6 Å². The molecule has 2 heterocycles. The maximum absolute atomic E-state index is 14.3. The number of rotatable bonds is 8. The second-order valence-corrected chi connectivity index (χ2v) is 10.2. The van der Waals surface area contributed by atoms with Gasteiger partial charge in [-0.05, 0) is 53.6 Å². The molecule has 6 nitrogen and oxygen atoms in total. The van der Waals surface area contributed by atoms with Gasteiger partial charge in [-0.25, -0.2) is 4.74 Å². The van der Waals surface area contributed by atoms with E-state index in [1.165, 1.54) is 6.07 Å². The summed E-state index contributed by atoms with van der Waals surface area (Å²) in [6.45, 7) is 0. The largest absolute Gasteiger partial charge is 0.540 e. The average Bonchev–Trinajstić information content (AvgIpc) is 2.96. The molecule has 244 valence electrons. The van der Waals surface area contributed by atoms with Gasteiger partial charge in [-0.15, -0.1) is 8.78 Å². The maximum atomic E-state index is 14.3. The third-order valence-corrected chi connectivity index (χ3v) is 6.98. The summed E-state index contributed by atoms with van der Waals surface area (Å²) in [5.41, 5.74) is -5.69. The number of anilines is 1. The number of halogens is 10. The number of aromatic nitrogens is 1. The van der Waals surface area contributed by atoms with E-state index < -0.39 is 59.1 Å². The molecule has 0 amide bonds. The van der Waals surface area contributed by atoms with Crippen LogP contribution in [-0.2, 0) is 35.2 Å². The van der Waals surface area contributed by atoms with E-state index in [9.17, 15) is 49.0 Å². The molecule has 3 aromatic carbocycles. The number of nitrogens with one attached hydrogen (secondary N) is 2. The SMILES string of the molecule is O[C@@H](Nc1ccc2c(c1)C(F)(F)OC(F)(F)O2)NC(Cc1ccccc1)(c1cccc(C(F)(F)F)c1)c1ccc(C(F)(F)F)cn1. The van der Waals surface area contributed by atoms with E-state index in [2.05, 4.69) is 25.1 Å². The summed E-state index contributed by atoms with van der Waals surface area (Å²) in [5.74, 6) is -0.925. The Kier molecular flexibility index (Phi) is 8.42. The number of aliphatic hydroxyl groups is 1. The number of hydrogen-bond acceptors (Lipinski definition) is 6. The van der Waals surface area contributed by atoms with Crippen LogP contribution >= 0.6 is 0 Å². The molecule has 5 rings (SSSR count). The first-order valence-electron chi connectivity index (χ1n) is 13.2. The highest BCUT2D eigenvalue weighted by Crippen LogP contribution is 2.47. The highest BCUT2D eigenvalue weighted by atomic mass is 19.4. The molecule has 0 fully saturated rings. The van der Waals surface area contributed by atoms with Crippen molar-refractivity contribution in [2.45, 2.75) is 43.1 Å². The summed E-state index contributed by atoms with van der Waals surface area (Å²) in [6.07, 6.45) is -20.6. The van der Waals surface area contributed by atoms with Crippen LogP contribution in [0, 0.1) is 0 Å². The fourth-order valence-electron chi connectivity index (χ4n) is 4.94. The number of ether oxygens (including phenoxy) is 2. The van der Waals surface area contributed by atoms with Crippen molar-refractivity contribution in [2.75, 3.05) is 5.32 Å². The molecule has 0 spiro atoms. The summed E-state index contributed by atoms with van der Waals surface area (Å²) in [5, 5.41) is 16.2. The lowest BCUT2D eigenvalue weighted by Crippen LogP contribution is -2.53. The number of aliphatic hydroxyl groups excluding tert-OH is 1. The number of benzene rings is 3. The van der Waals surface area contributed by atoms with E-state index in [-0.39, 0.29) is 23.4 Å². The minimum atomic E-state index is -4.84. The summed E-state index contributed by atoms with van der Waals surface area (Å²) in [4.78, 5) is 3.93. The second kappa shape index (κ2) is 11.7. The Hall–Kier alpha value is -4.41. The van der Waals surface area contributed by atoms with Crippen molar-refractivity contribution in [1.82, 2.24) is 10.3 Å². The van der Waals surface area contributed by atoms with Gasteiger partial charge in [0, 0.05) is 18.3 Å². The van der Waals surface area contributed by atoms with Gasteiger partial charge < -0.3 is 15.2 Å². The van der Waals surface area contributed by atoms with Crippen LogP contribution < -0.4 is 15.4 Å².